The zero-order chi connectivity index (χ0) is 14.3. The van der Waals surface area contributed by atoms with Crippen LogP contribution in [0.15, 0.2) is 24.3 Å². The summed E-state index contributed by atoms with van der Waals surface area (Å²) in [5.74, 6) is 2.10. The van der Waals surface area contributed by atoms with Crippen molar-refractivity contribution in [3.8, 4) is 0 Å². The largest absolute Gasteiger partial charge is 0.464 e. The molecule has 0 aliphatic heterocycles. The van der Waals surface area contributed by atoms with Crippen molar-refractivity contribution >= 4 is 30.0 Å². The van der Waals surface area contributed by atoms with E-state index in [2.05, 4.69) is 19.1 Å². The Kier molecular flexibility index (Phi) is 7.12. The maximum atomic E-state index is 10.8. The van der Waals surface area contributed by atoms with Crippen molar-refractivity contribution in [1.29, 1.82) is 0 Å². The summed E-state index contributed by atoms with van der Waals surface area (Å²) in [5, 5.41) is 8.84. The Balaban J connectivity index is 2.62. The number of carboxylic acid groups (broad SMARTS) is 1. The minimum Gasteiger partial charge on any atom is -0.464 e. The molecule has 19 heavy (non-hydrogen) atoms. The van der Waals surface area contributed by atoms with Crippen molar-refractivity contribution in [2.24, 2.45) is 0 Å². The fourth-order valence-corrected chi connectivity index (χ4v) is 2.97. The van der Waals surface area contributed by atoms with Crippen LogP contribution in [0.2, 0.25) is 0 Å². The van der Waals surface area contributed by atoms with E-state index in [1.807, 2.05) is 35.2 Å². The van der Waals surface area contributed by atoms with Gasteiger partial charge in [-0.05, 0) is 23.9 Å². The minimum atomic E-state index is -0.938. The van der Waals surface area contributed by atoms with Crippen molar-refractivity contribution in [1.82, 2.24) is 8.61 Å². The number of amides is 1. The number of hydrogen-bond donors (Lipinski definition) is 1. The highest BCUT2D eigenvalue weighted by molar-refractivity contribution is 7.98. The summed E-state index contributed by atoms with van der Waals surface area (Å²) in [6.07, 6.45) is -0.938. The number of carbonyl (C=O) groups is 1. The lowest BCUT2D eigenvalue weighted by Crippen LogP contribution is -2.23. The van der Waals surface area contributed by atoms with E-state index in [0.29, 0.717) is 0 Å². The molecule has 1 amide bonds. The Morgan fingerprint density at radius 1 is 1.26 bits per heavy atom. The van der Waals surface area contributed by atoms with E-state index < -0.39 is 6.09 Å². The van der Waals surface area contributed by atoms with Crippen LogP contribution in [0.5, 0.6) is 0 Å². The third-order valence-electron chi connectivity index (χ3n) is 2.50. The van der Waals surface area contributed by atoms with Crippen LogP contribution in [0.1, 0.15) is 18.1 Å². The van der Waals surface area contributed by atoms with Gasteiger partial charge in [-0.25, -0.2) is 13.4 Å². The lowest BCUT2D eigenvalue weighted by atomic mass is 10.1. The topological polar surface area (TPSA) is 43.8 Å². The van der Waals surface area contributed by atoms with Crippen LogP contribution < -0.4 is 0 Å². The average molecular weight is 300 g/mol. The standard InChI is InChI=1S/C13H20N2O2S2/c1-4-18-10-12-8-6-5-7-11(12)9-14(2)19-15(3)13(16)17/h5-8H,4,9-10H2,1-3H3,(H,16,17). The van der Waals surface area contributed by atoms with Gasteiger partial charge in [0.05, 0.1) is 0 Å². The summed E-state index contributed by atoms with van der Waals surface area (Å²) in [6.45, 7) is 2.87. The van der Waals surface area contributed by atoms with Crippen LogP contribution >= 0.6 is 23.9 Å². The van der Waals surface area contributed by atoms with E-state index in [9.17, 15) is 4.79 Å². The van der Waals surface area contributed by atoms with Crippen LogP contribution in [-0.4, -0.2) is 39.7 Å². The lowest BCUT2D eigenvalue weighted by molar-refractivity contribution is 0.180. The zero-order valence-corrected chi connectivity index (χ0v) is 13.1. The monoisotopic (exact) mass is 300 g/mol. The second-order valence-electron chi connectivity index (χ2n) is 4.05. The molecule has 4 nitrogen and oxygen atoms in total. The van der Waals surface area contributed by atoms with Gasteiger partial charge in [0.25, 0.3) is 0 Å². The van der Waals surface area contributed by atoms with Gasteiger partial charge in [-0.15, -0.1) is 0 Å². The molecule has 106 valence electrons. The molecular weight excluding hydrogens is 280 g/mol. The van der Waals surface area contributed by atoms with Gasteiger partial charge in [-0.1, -0.05) is 31.2 Å². The Labute approximate surface area is 123 Å². The summed E-state index contributed by atoms with van der Waals surface area (Å²) in [6, 6.07) is 8.31. The Hall–Kier alpha value is -0.850. The SMILES string of the molecule is CCSCc1ccccc1CN(C)SN(C)C(=O)O. The predicted octanol–water partition coefficient (Wildman–Crippen LogP) is 3.54. The molecule has 0 radical (unpaired) electrons. The second-order valence-corrected chi connectivity index (χ2v) is 6.66. The molecule has 0 saturated carbocycles. The molecule has 0 bridgehead atoms. The molecule has 1 aromatic rings. The maximum Gasteiger partial charge on any atom is 0.418 e. The Morgan fingerprint density at radius 2 is 1.89 bits per heavy atom. The van der Waals surface area contributed by atoms with Gasteiger partial charge in [-0.2, -0.15) is 11.8 Å². The van der Waals surface area contributed by atoms with Crippen molar-refractivity contribution in [2.45, 2.75) is 19.2 Å². The summed E-state index contributed by atoms with van der Waals surface area (Å²) >= 11 is 3.09. The van der Waals surface area contributed by atoms with Gasteiger partial charge in [0.2, 0.25) is 0 Å². The second kappa shape index (κ2) is 8.35. The maximum absolute atomic E-state index is 10.8. The molecule has 0 aromatic heterocycles. The van der Waals surface area contributed by atoms with E-state index in [1.54, 1.807) is 7.05 Å². The third kappa shape index (κ3) is 5.76. The molecule has 0 unspecified atom stereocenters. The molecule has 0 aliphatic carbocycles. The molecule has 0 saturated heterocycles. The van der Waals surface area contributed by atoms with Crippen LogP contribution in [0.3, 0.4) is 0 Å². The molecule has 1 rings (SSSR count). The van der Waals surface area contributed by atoms with Crippen molar-refractivity contribution < 1.29 is 9.90 Å². The molecule has 0 spiro atoms. The first-order valence-corrected chi connectivity index (χ1v) is 7.93. The van der Waals surface area contributed by atoms with Crippen molar-refractivity contribution in [2.75, 3.05) is 19.8 Å². The quantitative estimate of drug-likeness (QED) is 0.780. The fourth-order valence-electron chi connectivity index (χ4n) is 1.58. The molecule has 1 aromatic carbocycles. The summed E-state index contributed by atoms with van der Waals surface area (Å²) in [5.41, 5.74) is 2.57. The number of hydrogen-bond acceptors (Lipinski definition) is 4. The summed E-state index contributed by atoms with van der Waals surface area (Å²) in [7, 11) is 3.44. The molecule has 0 heterocycles. The molecule has 6 heteroatoms. The smallest absolute Gasteiger partial charge is 0.418 e. The fraction of sp³-hybridized carbons (Fsp3) is 0.462. The number of rotatable bonds is 7. The average Bonchev–Trinajstić information content (AvgIpc) is 2.37. The van der Waals surface area contributed by atoms with Crippen LogP contribution in [0.25, 0.3) is 0 Å². The van der Waals surface area contributed by atoms with Gasteiger partial charge in [0.1, 0.15) is 0 Å². The highest BCUT2D eigenvalue weighted by atomic mass is 32.2. The van der Waals surface area contributed by atoms with E-state index in [-0.39, 0.29) is 0 Å². The molecular formula is C13H20N2O2S2. The molecule has 0 aliphatic rings. The number of nitrogens with zero attached hydrogens (tertiary/aromatic N) is 2. The first-order valence-electron chi connectivity index (χ1n) is 6.05. The molecule has 0 fully saturated rings. The van der Waals surface area contributed by atoms with Crippen molar-refractivity contribution in [3.05, 3.63) is 35.4 Å². The number of thioether (sulfide) groups is 1. The third-order valence-corrected chi connectivity index (χ3v) is 4.24. The Bertz CT molecular complexity index is 415. The summed E-state index contributed by atoms with van der Waals surface area (Å²) < 4.78 is 3.12. The normalized spacial score (nSPS) is 10.7. The first kappa shape index (κ1) is 16.2. The van der Waals surface area contributed by atoms with E-state index in [1.165, 1.54) is 27.6 Å². The highest BCUT2D eigenvalue weighted by Gasteiger charge is 2.12. The van der Waals surface area contributed by atoms with Gasteiger partial charge >= 0.3 is 6.09 Å². The summed E-state index contributed by atoms with van der Waals surface area (Å²) in [4.78, 5) is 10.8. The highest BCUT2D eigenvalue weighted by Crippen LogP contribution is 2.21. The van der Waals surface area contributed by atoms with E-state index in [4.69, 9.17) is 5.11 Å². The van der Waals surface area contributed by atoms with E-state index in [0.717, 1.165) is 18.1 Å². The van der Waals surface area contributed by atoms with Gasteiger partial charge in [0.15, 0.2) is 0 Å². The van der Waals surface area contributed by atoms with Crippen LogP contribution in [0, 0.1) is 0 Å². The van der Waals surface area contributed by atoms with Crippen LogP contribution in [-0.2, 0) is 12.3 Å². The van der Waals surface area contributed by atoms with Gasteiger partial charge < -0.3 is 5.11 Å². The predicted molar refractivity (Wildman–Crippen MR) is 83.1 cm³/mol. The first-order chi connectivity index (χ1) is 9.04. The zero-order valence-electron chi connectivity index (χ0n) is 11.5. The van der Waals surface area contributed by atoms with Gasteiger partial charge in [0, 0.05) is 31.5 Å². The lowest BCUT2D eigenvalue weighted by Gasteiger charge is -2.21. The minimum absolute atomic E-state index is 0.725. The van der Waals surface area contributed by atoms with Gasteiger partial charge in [-0.3, -0.25) is 0 Å². The molecule has 0 atom stereocenters. The van der Waals surface area contributed by atoms with Crippen LogP contribution in [0.4, 0.5) is 4.79 Å². The van der Waals surface area contributed by atoms with Crippen molar-refractivity contribution in [3.63, 3.8) is 0 Å². The number of benzene rings is 1. The Morgan fingerprint density at radius 3 is 2.47 bits per heavy atom. The van der Waals surface area contributed by atoms with E-state index >= 15 is 0 Å². The molecule has 1 N–H and O–H groups in total.